The van der Waals surface area contributed by atoms with Gasteiger partial charge < -0.3 is 15.2 Å². The minimum atomic E-state index is -3.58. The molecule has 130 valence electrons. The Morgan fingerprint density at radius 1 is 1.14 bits per heavy atom. The maximum absolute atomic E-state index is 12.3. The fourth-order valence-electron chi connectivity index (χ4n) is 1.79. The van der Waals surface area contributed by atoms with Gasteiger partial charge in [0.05, 0.1) is 13.2 Å². The van der Waals surface area contributed by atoms with Crippen LogP contribution in [0.1, 0.15) is 20.3 Å². The van der Waals surface area contributed by atoms with Crippen molar-refractivity contribution in [2.45, 2.75) is 26.3 Å². The molecular weight excluding hydrogens is 318 g/mol. The molecular formula is C12H30ClN3O4S. The Kier molecular flexibility index (Phi) is 14.0. The second-order valence-corrected chi connectivity index (χ2v) is 6.77. The zero-order valence-corrected chi connectivity index (χ0v) is 15.0. The molecule has 7 nitrogen and oxygen atoms in total. The molecule has 1 unspecified atom stereocenters. The third kappa shape index (κ3) is 10.4. The second kappa shape index (κ2) is 12.6. The highest BCUT2D eigenvalue weighted by atomic mass is 35.5. The minimum absolute atomic E-state index is 0. The van der Waals surface area contributed by atoms with Gasteiger partial charge in [0.25, 0.3) is 10.2 Å². The van der Waals surface area contributed by atoms with Gasteiger partial charge in [0, 0.05) is 39.9 Å². The molecule has 0 aromatic heterocycles. The predicted octanol–water partition coefficient (Wildman–Crippen LogP) is 0.211. The van der Waals surface area contributed by atoms with Crippen LogP contribution in [0.3, 0.4) is 0 Å². The monoisotopic (exact) mass is 347 g/mol. The van der Waals surface area contributed by atoms with E-state index < -0.39 is 10.2 Å². The van der Waals surface area contributed by atoms with Crippen LogP contribution in [0, 0.1) is 5.92 Å². The van der Waals surface area contributed by atoms with Gasteiger partial charge in [-0.05, 0) is 12.3 Å². The normalized spacial score (nSPS) is 13.5. The summed E-state index contributed by atoms with van der Waals surface area (Å²) in [5.74, 6) is 0.373. The average molecular weight is 348 g/mol. The number of nitrogens with one attached hydrogen (secondary N) is 1. The number of nitrogens with two attached hydrogens (primary N) is 1. The summed E-state index contributed by atoms with van der Waals surface area (Å²) in [6.07, 6.45) is 0.706. The minimum Gasteiger partial charge on any atom is -0.383 e. The first-order valence-electron chi connectivity index (χ1n) is 6.82. The van der Waals surface area contributed by atoms with Crippen molar-refractivity contribution in [1.29, 1.82) is 0 Å². The van der Waals surface area contributed by atoms with Gasteiger partial charge in [0.2, 0.25) is 0 Å². The van der Waals surface area contributed by atoms with Gasteiger partial charge in [-0.1, -0.05) is 13.8 Å². The zero-order valence-electron chi connectivity index (χ0n) is 13.4. The topological polar surface area (TPSA) is 93.9 Å². The lowest BCUT2D eigenvalue weighted by atomic mass is 10.1. The fourth-order valence-corrected chi connectivity index (χ4v) is 3.18. The molecule has 0 rings (SSSR count). The lowest BCUT2D eigenvalue weighted by Gasteiger charge is -2.26. The SMILES string of the molecule is COCCN(CCOC)S(=O)(=O)NC(CN)CC(C)C.Cl. The summed E-state index contributed by atoms with van der Waals surface area (Å²) in [6.45, 7) is 5.58. The van der Waals surface area contributed by atoms with Gasteiger partial charge in [-0.2, -0.15) is 17.4 Å². The summed E-state index contributed by atoms with van der Waals surface area (Å²) in [4.78, 5) is 0. The molecule has 0 aliphatic rings. The van der Waals surface area contributed by atoms with Gasteiger partial charge in [0.1, 0.15) is 0 Å². The molecule has 0 spiro atoms. The van der Waals surface area contributed by atoms with Crippen LogP contribution >= 0.6 is 12.4 Å². The molecule has 9 heteroatoms. The van der Waals surface area contributed by atoms with E-state index in [2.05, 4.69) is 4.72 Å². The molecule has 0 heterocycles. The molecule has 0 aliphatic heterocycles. The summed E-state index contributed by atoms with van der Waals surface area (Å²) in [5.41, 5.74) is 5.63. The summed E-state index contributed by atoms with van der Waals surface area (Å²) in [5, 5.41) is 0. The summed E-state index contributed by atoms with van der Waals surface area (Å²) >= 11 is 0. The molecule has 0 saturated carbocycles. The van der Waals surface area contributed by atoms with Crippen molar-refractivity contribution < 1.29 is 17.9 Å². The van der Waals surface area contributed by atoms with E-state index in [1.807, 2.05) is 13.8 Å². The third-order valence-corrected chi connectivity index (χ3v) is 4.46. The summed E-state index contributed by atoms with van der Waals surface area (Å²) in [7, 11) is -0.505. The van der Waals surface area contributed by atoms with Crippen LogP contribution in [0.15, 0.2) is 0 Å². The van der Waals surface area contributed by atoms with Crippen LogP contribution in [0.5, 0.6) is 0 Å². The van der Waals surface area contributed by atoms with Crippen molar-refractivity contribution in [3.8, 4) is 0 Å². The molecule has 0 bridgehead atoms. The molecule has 0 amide bonds. The predicted molar refractivity (Wildman–Crippen MR) is 86.9 cm³/mol. The standard InChI is InChI=1S/C12H29N3O4S.ClH/c1-11(2)9-12(10-13)14-20(16,17)15(5-7-18-3)6-8-19-4;/h11-12,14H,5-10,13H2,1-4H3;1H. The average Bonchev–Trinajstić information content (AvgIpc) is 2.36. The summed E-state index contributed by atoms with van der Waals surface area (Å²) < 4.78 is 38.5. The maximum Gasteiger partial charge on any atom is 0.279 e. The number of ether oxygens (including phenoxy) is 2. The molecule has 0 fully saturated rings. The van der Waals surface area contributed by atoms with E-state index in [9.17, 15) is 8.42 Å². The Morgan fingerprint density at radius 3 is 1.95 bits per heavy atom. The van der Waals surface area contributed by atoms with E-state index in [-0.39, 0.29) is 38.1 Å². The number of rotatable bonds is 12. The van der Waals surface area contributed by atoms with E-state index >= 15 is 0 Å². The molecule has 0 aromatic carbocycles. The summed E-state index contributed by atoms with van der Waals surface area (Å²) in [6, 6.07) is -0.257. The number of methoxy groups -OCH3 is 2. The first-order valence-corrected chi connectivity index (χ1v) is 8.26. The van der Waals surface area contributed by atoms with Crippen molar-refractivity contribution in [2.24, 2.45) is 11.7 Å². The lowest BCUT2D eigenvalue weighted by molar-refractivity contribution is 0.149. The molecule has 3 N–H and O–H groups in total. The van der Waals surface area contributed by atoms with Crippen molar-refractivity contribution >= 4 is 22.6 Å². The Bertz CT molecular complexity index is 333. The first kappa shape index (κ1) is 23.3. The van der Waals surface area contributed by atoms with Gasteiger partial charge in [-0.15, -0.1) is 12.4 Å². The van der Waals surface area contributed by atoms with Gasteiger partial charge >= 0.3 is 0 Å². The lowest BCUT2D eigenvalue weighted by Crippen LogP contribution is -2.50. The molecule has 1 atom stereocenters. The Morgan fingerprint density at radius 2 is 1.62 bits per heavy atom. The molecule has 0 radical (unpaired) electrons. The van der Waals surface area contributed by atoms with Gasteiger partial charge in [0.15, 0.2) is 0 Å². The van der Waals surface area contributed by atoms with Gasteiger partial charge in [-0.3, -0.25) is 0 Å². The molecule has 21 heavy (non-hydrogen) atoms. The van der Waals surface area contributed by atoms with Crippen LogP contribution in [-0.4, -0.2) is 65.8 Å². The van der Waals surface area contributed by atoms with Crippen molar-refractivity contribution in [3.05, 3.63) is 0 Å². The van der Waals surface area contributed by atoms with Crippen molar-refractivity contribution in [2.75, 3.05) is 47.1 Å². The van der Waals surface area contributed by atoms with E-state index in [0.29, 0.717) is 25.6 Å². The van der Waals surface area contributed by atoms with Crippen LogP contribution in [-0.2, 0) is 19.7 Å². The van der Waals surface area contributed by atoms with E-state index in [4.69, 9.17) is 15.2 Å². The fraction of sp³-hybridized carbons (Fsp3) is 1.00. The number of halogens is 1. The van der Waals surface area contributed by atoms with E-state index in [1.54, 1.807) is 0 Å². The first-order chi connectivity index (χ1) is 9.37. The zero-order chi connectivity index (χ0) is 15.6. The number of hydrogen-bond acceptors (Lipinski definition) is 5. The Labute approximate surface area is 135 Å². The van der Waals surface area contributed by atoms with Crippen LogP contribution in [0.2, 0.25) is 0 Å². The highest BCUT2D eigenvalue weighted by Crippen LogP contribution is 2.07. The smallest absolute Gasteiger partial charge is 0.279 e. The highest BCUT2D eigenvalue weighted by Gasteiger charge is 2.24. The van der Waals surface area contributed by atoms with E-state index in [1.165, 1.54) is 18.5 Å². The number of hydrogen-bond donors (Lipinski definition) is 2. The Balaban J connectivity index is 0. The largest absolute Gasteiger partial charge is 0.383 e. The molecule has 0 aliphatic carbocycles. The quantitative estimate of drug-likeness (QED) is 0.526. The number of nitrogens with zero attached hydrogens (tertiary/aromatic N) is 1. The van der Waals surface area contributed by atoms with Crippen molar-refractivity contribution in [1.82, 2.24) is 9.03 Å². The third-order valence-electron chi connectivity index (χ3n) is 2.79. The second-order valence-electron chi connectivity index (χ2n) is 5.07. The van der Waals surface area contributed by atoms with E-state index in [0.717, 1.165) is 0 Å². The maximum atomic E-state index is 12.3. The van der Waals surface area contributed by atoms with Crippen molar-refractivity contribution in [3.63, 3.8) is 0 Å². The van der Waals surface area contributed by atoms with Crippen LogP contribution < -0.4 is 10.5 Å². The Hall–Kier alpha value is 0.0400. The molecule has 0 saturated heterocycles. The van der Waals surface area contributed by atoms with Crippen LogP contribution in [0.25, 0.3) is 0 Å². The highest BCUT2D eigenvalue weighted by molar-refractivity contribution is 7.87. The van der Waals surface area contributed by atoms with Gasteiger partial charge in [-0.25, -0.2) is 0 Å². The van der Waals surface area contributed by atoms with Crippen LogP contribution in [0.4, 0.5) is 0 Å². The molecule has 0 aromatic rings.